The lowest BCUT2D eigenvalue weighted by Crippen LogP contribution is -2.39. The average molecular weight is 527 g/mol. The smallest absolute Gasteiger partial charge is 0.269 e. The van der Waals surface area contributed by atoms with Gasteiger partial charge in [0.1, 0.15) is 24.7 Å². The molecule has 0 saturated heterocycles. The molecule has 0 heterocycles. The number of nitrogens with zero attached hydrogens (tertiary/aromatic N) is 3. The average Bonchev–Trinajstić information content (AvgIpc) is 2.87. The van der Waals surface area contributed by atoms with Crippen molar-refractivity contribution in [3.05, 3.63) is 94.0 Å². The number of ether oxygens (including phenoxy) is 2. The molecular weight excluding hydrogens is 500 g/mol. The third-order valence-corrected chi connectivity index (χ3v) is 6.08. The first-order chi connectivity index (χ1) is 17.7. The second kappa shape index (κ2) is 12.5. The van der Waals surface area contributed by atoms with Gasteiger partial charge in [0.25, 0.3) is 11.6 Å². The zero-order chi connectivity index (χ0) is 26.8. The Balaban J connectivity index is 1.56. The number of rotatable bonds is 12. The SMILES string of the molecule is CCOc1ccccc1N(CC(=O)N/N=C\c1ccc(OCc2ccc([N+](=O)[O-])cc2)cc1)S(C)(=O)=O. The number of sulfonamides is 1. The van der Waals surface area contributed by atoms with Gasteiger partial charge in [-0.15, -0.1) is 0 Å². The highest BCUT2D eigenvalue weighted by Gasteiger charge is 2.23. The Morgan fingerprint density at radius 1 is 1.05 bits per heavy atom. The minimum atomic E-state index is -3.77. The summed E-state index contributed by atoms with van der Waals surface area (Å²) in [7, 11) is -3.77. The molecule has 3 aromatic rings. The molecule has 0 aliphatic carbocycles. The van der Waals surface area contributed by atoms with Gasteiger partial charge in [0.15, 0.2) is 0 Å². The first-order valence-electron chi connectivity index (χ1n) is 11.1. The van der Waals surface area contributed by atoms with Gasteiger partial charge < -0.3 is 9.47 Å². The maximum Gasteiger partial charge on any atom is 0.269 e. The second-order valence-corrected chi connectivity index (χ2v) is 9.65. The Labute approximate surface area is 214 Å². The van der Waals surface area contributed by atoms with E-state index in [0.29, 0.717) is 23.7 Å². The fraction of sp³-hybridized carbons (Fsp3) is 0.200. The number of benzene rings is 3. The summed E-state index contributed by atoms with van der Waals surface area (Å²) in [4.78, 5) is 22.7. The van der Waals surface area contributed by atoms with Gasteiger partial charge in [0, 0.05) is 12.1 Å². The van der Waals surface area contributed by atoms with Crippen LogP contribution in [0.4, 0.5) is 11.4 Å². The Morgan fingerprint density at radius 3 is 2.35 bits per heavy atom. The van der Waals surface area contributed by atoms with Crippen LogP contribution in [0.15, 0.2) is 77.9 Å². The highest BCUT2D eigenvalue weighted by molar-refractivity contribution is 7.92. The third kappa shape index (κ3) is 8.04. The minimum Gasteiger partial charge on any atom is -0.492 e. The van der Waals surface area contributed by atoms with Gasteiger partial charge in [-0.2, -0.15) is 5.10 Å². The molecule has 37 heavy (non-hydrogen) atoms. The first-order valence-corrected chi connectivity index (χ1v) is 13.0. The van der Waals surface area contributed by atoms with Gasteiger partial charge in [0.2, 0.25) is 10.0 Å². The van der Waals surface area contributed by atoms with Crippen LogP contribution >= 0.6 is 0 Å². The molecule has 0 aliphatic rings. The number of amides is 1. The van der Waals surface area contributed by atoms with E-state index in [1.165, 1.54) is 18.3 Å². The van der Waals surface area contributed by atoms with E-state index in [4.69, 9.17) is 9.47 Å². The predicted molar refractivity (Wildman–Crippen MR) is 139 cm³/mol. The van der Waals surface area contributed by atoms with Crippen LogP contribution in [0, 0.1) is 10.1 Å². The van der Waals surface area contributed by atoms with E-state index in [1.807, 2.05) is 0 Å². The molecule has 0 saturated carbocycles. The molecule has 1 N–H and O–H groups in total. The zero-order valence-corrected chi connectivity index (χ0v) is 21.1. The quantitative estimate of drug-likeness (QED) is 0.216. The van der Waals surface area contributed by atoms with Crippen LogP contribution in [0.3, 0.4) is 0 Å². The number of hydrogen-bond donors (Lipinski definition) is 1. The lowest BCUT2D eigenvalue weighted by Gasteiger charge is -2.23. The number of nitrogens with one attached hydrogen (secondary N) is 1. The summed E-state index contributed by atoms with van der Waals surface area (Å²) in [5.41, 5.74) is 4.06. The van der Waals surface area contributed by atoms with Crippen molar-refractivity contribution >= 4 is 33.5 Å². The molecule has 0 aromatic heterocycles. The van der Waals surface area contributed by atoms with Crippen LogP contribution in [0.1, 0.15) is 18.1 Å². The second-order valence-electron chi connectivity index (χ2n) is 7.74. The topological polar surface area (TPSA) is 140 Å². The molecular formula is C25H26N4O7S. The summed E-state index contributed by atoms with van der Waals surface area (Å²) >= 11 is 0. The van der Waals surface area contributed by atoms with Crippen molar-refractivity contribution in [2.75, 3.05) is 23.7 Å². The Morgan fingerprint density at radius 2 is 1.73 bits per heavy atom. The Hall–Kier alpha value is -4.45. The van der Waals surface area contributed by atoms with Gasteiger partial charge in [-0.25, -0.2) is 13.8 Å². The molecule has 0 atom stereocenters. The lowest BCUT2D eigenvalue weighted by atomic mass is 10.2. The largest absolute Gasteiger partial charge is 0.492 e. The number of hydrogen-bond acceptors (Lipinski definition) is 8. The van der Waals surface area contributed by atoms with E-state index in [2.05, 4.69) is 10.5 Å². The zero-order valence-electron chi connectivity index (χ0n) is 20.2. The highest BCUT2D eigenvalue weighted by Crippen LogP contribution is 2.29. The van der Waals surface area contributed by atoms with E-state index < -0.39 is 27.4 Å². The third-order valence-electron chi connectivity index (χ3n) is 4.96. The normalized spacial score (nSPS) is 11.2. The summed E-state index contributed by atoms with van der Waals surface area (Å²) in [6.07, 6.45) is 2.43. The summed E-state index contributed by atoms with van der Waals surface area (Å²) in [5.74, 6) is 0.301. The molecule has 0 fully saturated rings. The van der Waals surface area contributed by atoms with E-state index in [1.54, 1.807) is 67.6 Å². The molecule has 0 aliphatic heterocycles. The van der Waals surface area contributed by atoms with Crippen LogP contribution in [-0.4, -0.2) is 44.9 Å². The predicted octanol–water partition coefficient (Wildman–Crippen LogP) is 3.49. The lowest BCUT2D eigenvalue weighted by molar-refractivity contribution is -0.384. The number of anilines is 1. The molecule has 12 heteroatoms. The molecule has 11 nitrogen and oxygen atoms in total. The molecule has 0 bridgehead atoms. The van der Waals surface area contributed by atoms with Gasteiger partial charge in [-0.1, -0.05) is 12.1 Å². The first kappa shape index (κ1) is 27.1. The number of non-ortho nitro benzene ring substituents is 1. The minimum absolute atomic E-state index is 0.0128. The van der Waals surface area contributed by atoms with Gasteiger partial charge >= 0.3 is 0 Å². The number of nitro benzene ring substituents is 1. The summed E-state index contributed by atoms with van der Waals surface area (Å²) in [6.45, 7) is 1.88. The van der Waals surface area contributed by atoms with Crippen LogP contribution < -0.4 is 19.2 Å². The molecule has 0 unspecified atom stereocenters. The van der Waals surface area contributed by atoms with Crippen LogP contribution in [0.2, 0.25) is 0 Å². The number of nitro groups is 1. The summed E-state index contributed by atoms with van der Waals surface area (Å²) < 4.78 is 36.8. The van der Waals surface area contributed by atoms with Gasteiger partial charge in [0.05, 0.1) is 29.7 Å². The standard InChI is InChI=1S/C25H26N4O7S/c1-3-35-24-7-5-4-6-23(24)28(37(2,33)34)17-25(30)27-26-16-19-10-14-22(15-11-19)36-18-20-8-12-21(13-9-20)29(31)32/h4-16H,3,17-18H2,1-2H3,(H,27,30)/b26-16-. The van der Waals surface area contributed by atoms with Crippen molar-refractivity contribution < 1.29 is 27.6 Å². The van der Waals surface area contributed by atoms with E-state index in [-0.39, 0.29) is 18.0 Å². The van der Waals surface area contributed by atoms with Crippen molar-refractivity contribution in [3.8, 4) is 11.5 Å². The molecule has 1 amide bonds. The van der Waals surface area contributed by atoms with Gasteiger partial charge in [-0.05, 0) is 66.6 Å². The molecule has 0 spiro atoms. The summed E-state index contributed by atoms with van der Waals surface area (Å²) in [5, 5.41) is 14.6. The Kier molecular flexibility index (Phi) is 9.16. The number of carbonyl (C=O) groups excluding carboxylic acids is 1. The fourth-order valence-electron chi connectivity index (χ4n) is 3.20. The molecule has 0 radical (unpaired) electrons. The van der Waals surface area contributed by atoms with Crippen molar-refractivity contribution in [2.24, 2.45) is 5.10 Å². The molecule has 3 aromatic carbocycles. The van der Waals surface area contributed by atoms with Crippen molar-refractivity contribution in [1.29, 1.82) is 0 Å². The van der Waals surface area contributed by atoms with Crippen molar-refractivity contribution in [2.45, 2.75) is 13.5 Å². The maximum absolute atomic E-state index is 12.4. The van der Waals surface area contributed by atoms with E-state index in [9.17, 15) is 23.3 Å². The fourth-order valence-corrected chi connectivity index (χ4v) is 4.06. The number of para-hydroxylation sites is 2. The van der Waals surface area contributed by atoms with Crippen LogP contribution in [0.5, 0.6) is 11.5 Å². The number of hydrazone groups is 1. The summed E-state index contributed by atoms with van der Waals surface area (Å²) in [6, 6.07) is 19.5. The molecule has 194 valence electrons. The highest BCUT2D eigenvalue weighted by atomic mass is 32.2. The van der Waals surface area contributed by atoms with Crippen LogP contribution in [0.25, 0.3) is 0 Å². The maximum atomic E-state index is 12.4. The molecule has 3 rings (SSSR count). The van der Waals surface area contributed by atoms with Crippen molar-refractivity contribution in [3.63, 3.8) is 0 Å². The number of carbonyl (C=O) groups is 1. The monoisotopic (exact) mass is 526 g/mol. The van der Waals surface area contributed by atoms with Crippen LogP contribution in [-0.2, 0) is 21.4 Å². The van der Waals surface area contributed by atoms with Gasteiger partial charge in [-0.3, -0.25) is 19.2 Å². The van der Waals surface area contributed by atoms with Crippen molar-refractivity contribution in [1.82, 2.24) is 5.43 Å². The van der Waals surface area contributed by atoms with E-state index in [0.717, 1.165) is 16.1 Å². The van der Waals surface area contributed by atoms with E-state index >= 15 is 0 Å². The Bertz CT molecular complexity index is 1360.